The second-order valence-corrected chi connectivity index (χ2v) is 4.42. The van der Waals surface area contributed by atoms with Crippen molar-refractivity contribution in [1.82, 2.24) is 10.2 Å². The van der Waals surface area contributed by atoms with Crippen LogP contribution in [-0.2, 0) is 11.3 Å². The molecular formula is C13H17FN2O. The van der Waals surface area contributed by atoms with Crippen molar-refractivity contribution < 1.29 is 9.18 Å². The minimum Gasteiger partial charge on any atom is -0.345 e. The SMILES string of the molecule is O=CN1CCC(NCc2ccc(F)cc2)CC1. The Balaban J connectivity index is 1.75. The first-order valence-electron chi connectivity index (χ1n) is 5.95. The van der Waals surface area contributed by atoms with Crippen LogP contribution in [0, 0.1) is 5.82 Å². The predicted octanol–water partition coefficient (Wildman–Crippen LogP) is 1.54. The number of nitrogens with one attached hydrogen (secondary N) is 1. The van der Waals surface area contributed by atoms with Gasteiger partial charge in [-0.05, 0) is 30.5 Å². The van der Waals surface area contributed by atoms with E-state index in [0.29, 0.717) is 6.04 Å². The zero-order valence-corrected chi connectivity index (χ0v) is 9.73. The van der Waals surface area contributed by atoms with Crippen molar-refractivity contribution >= 4 is 6.41 Å². The normalized spacial score (nSPS) is 17.1. The standard InChI is InChI=1S/C13H17FN2O/c14-12-3-1-11(2-4-12)9-15-13-5-7-16(10-17)8-6-13/h1-4,10,13,15H,5-9H2. The van der Waals surface area contributed by atoms with E-state index in [4.69, 9.17) is 0 Å². The van der Waals surface area contributed by atoms with E-state index in [9.17, 15) is 9.18 Å². The van der Waals surface area contributed by atoms with Crippen LogP contribution in [0.15, 0.2) is 24.3 Å². The number of hydrogen-bond donors (Lipinski definition) is 1. The van der Waals surface area contributed by atoms with Crippen molar-refractivity contribution in [3.63, 3.8) is 0 Å². The van der Waals surface area contributed by atoms with Gasteiger partial charge in [-0.1, -0.05) is 12.1 Å². The van der Waals surface area contributed by atoms with Gasteiger partial charge in [-0.3, -0.25) is 4.79 Å². The fourth-order valence-electron chi connectivity index (χ4n) is 2.07. The van der Waals surface area contributed by atoms with Crippen LogP contribution in [0.25, 0.3) is 0 Å². The van der Waals surface area contributed by atoms with E-state index in [1.54, 1.807) is 17.0 Å². The van der Waals surface area contributed by atoms with Gasteiger partial charge in [-0.25, -0.2) is 4.39 Å². The molecule has 1 aliphatic heterocycles. The number of benzene rings is 1. The number of amides is 1. The van der Waals surface area contributed by atoms with Gasteiger partial charge < -0.3 is 10.2 Å². The first kappa shape index (κ1) is 12.0. The van der Waals surface area contributed by atoms with Crippen LogP contribution in [0.2, 0.25) is 0 Å². The number of piperidine rings is 1. The minimum atomic E-state index is -0.201. The summed E-state index contributed by atoms with van der Waals surface area (Å²) in [6.07, 6.45) is 2.88. The number of halogens is 1. The van der Waals surface area contributed by atoms with Gasteiger partial charge in [0.15, 0.2) is 0 Å². The quantitative estimate of drug-likeness (QED) is 0.804. The summed E-state index contributed by atoms with van der Waals surface area (Å²) in [5, 5.41) is 3.44. The monoisotopic (exact) mass is 236 g/mol. The molecule has 1 N–H and O–H groups in total. The average molecular weight is 236 g/mol. The molecule has 0 saturated carbocycles. The Morgan fingerprint density at radius 1 is 1.29 bits per heavy atom. The van der Waals surface area contributed by atoms with Gasteiger partial charge >= 0.3 is 0 Å². The van der Waals surface area contributed by atoms with Crippen LogP contribution in [0.1, 0.15) is 18.4 Å². The Morgan fingerprint density at radius 2 is 1.94 bits per heavy atom. The molecule has 1 aromatic rings. The van der Waals surface area contributed by atoms with Crippen LogP contribution in [0.3, 0.4) is 0 Å². The summed E-state index contributed by atoms with van der Waals surface area (Å²) in [6, 6.07) is 7.00. The van der Waals surface area contributed by atoms with Gasteiger partial charge in [-0.15, -0.1) is 0 Å². The zero-order chi connectivity index (χ0) is 12.1. The summed E-state index contributed by atoms with van der Waals surface area (Å²) in [6.45, 7) is 2.40. The van der Waals surface area contributed by atoms with Gasteiger partial charge in [0.1, 0.15) is 5.82 Å². The lowest BCUT2D eigenvalue weighted by Gasteiger charge is -2.29. The summed E-state index contributed by atoms with van der Waals surface area (Å²) < 4.78 is 12.7. The second-order valence-electron chi connectivity index (χ2n) is 4.42. The highest BCUT2D eigenvalue weighted by molar-refractivity contribution is 5.47. The highest BCUT2D eigenvalue weighted by Gasteiger charge is 2.16. The van der Waals surface area contributed by atoms with Crippen LogP contribution in [0.4, 0.5) is 4.39 Å². The van der Waals surface area contributed by atoms with Crippen LogP contribution in [-0.4, -0.2) is 30.4 Å². The van der Waals surface area contributed by atoms with E-state index in [1.807, 2.05) is 0 Å². The Morgan fingerprint density at radius 3 is 2.53 bits per heavy atom. The van der Waals surface area contributed by atoms with Gasteiger partial charge in [0, 0.05) is 25.7 Å². The third-order valence-electron chi connectivity index (χ3n) is 3.19. The number of nitrogens with zero attached hydrogens (tertiary/aromatic N) is 1. The summed E-state index contributed by atoms with van der Waals surface area (Å²) in [7, 11) is 0. The predicted molar refractivity (Wildman–Crippen MR) is 63.9 cm³/mol. The molecule has 1 amide bonds. The summed E-state index contributed by atoms with van der Waals surface area (Å²) >= 11 is 0. The smallest absolute Gasteiger partial charge is 0.209 e. The van der Waals surface area contributed by atoms with Gasteiger partial charge in [-0.2, -0.15) is 0 Å². The number of carbonyl (C=O) groups excluding carboxylic acids is 1. The molecule has 1 fully saturated rings. The van der Waals surface area contributed by atoms with Crippen molar-refractivity contribution in [2.75, 3.05) is 13.1 Å². The maximum absolute atomic E-state index is 12.7. The lowest BCUT2D eigenvalue weighted by atomic mass is 10.1. The molecule has 0 bridgehead atoms. The van der Waals surface area contributed by atoms with Crippen molar-refractivity contribution in [2.24, 2.45) is 0 Å². The van der Waals surface area contributed by atoms with Crippen molar-refractivity contribution in [2.45, 2.75) is 25.4 Å². The van der Waals surface area contributed by atoms with Crippen LogP contribution >= 0.6 is 0 Å². The zero-order valence-electron chi connectivity index (χ0n) is 9.73. The first-order valence-corrected chi connectivity index (χ1v) is 5.95. The second kappa shape index (κ2) is 5.77. The maximum Gasteiger partial charge on any atom is 0.209 e. The molecule has 3 nitrogen and oxygen atoms in total. The fourth-order valence-corrected chi connectivity index (χ4v) is 2.07. The van der Waals surface area contributed by atoms with Gasteiger partial charge in [0.05, 0.1) is 0 Å². The van der Waals surface area contributed by atoms with E-state index in [2.05, 4.69) is 5.32 Å². The molecule has 1 aromatic carbocycles. The summed E-state index contributed by atoms with van der Waals surface area (Å²) in [5.74, 6) is -0.201. The molecule has 92 valence electrons. The third-order valence-corrected chi connectivity index (χ3v) is 3.19. The van der Waals surface area contributed by atoms with Crippen LogP contribution < -0.4 is 5.32 Å². The topological polar surface area (TPSA) is 32.3 Å². The lowest BCUT2D eigenvalue weighted by molar-refractivity contribution is -0.119. The molecule has 17 heavy (non-hydrogen) atoms. The number of likely N-dealkylation sites (tertiary alicyclic amines) is 1. The molecule has 1 heterocycles. The molecule has 0 aromatic heterocycles. The molecule has 1 saturated heterocycles. The number of hydrogen-bond acceptors (Lipinski definition) is 2. The van der Waals surface area contributed by atoms with Crippen molar-refractivity contribution in [1.29, 1.82) is 0 Å². The largest absolute Gasteiger partial charge is 0.345 e. The van der Waals surface area contributed by atoms with E-state index in [-0.39, 0.29) is 5.82 Å². The summed E-state index contributed by atoms with van der Waals surface area (Å²) in [4.78, 5) is 12.3. The highest BCUT2D eigenvalue weighted by Crippen LogP contribution is 2.10. The van der Waals surface area contributed by atoms with Crippen molar-refractivity contribution in [3.8, 4) is 0 Å². The first-order chi connectivity index (χ1) is 8.28. The molecule has 0 aliphatic carbocycles. The molecule has 2 rings (SSSR count). The Labute approximate surface area is 101 Å². The Kier molecular flexibility index (Phi) is 4.09. The van der Waals surface area contributed by atoms with Crippen molar-refractivity contribution in [3.05, 3.63) is 35.6 Å². The lowest BCUT2D eigenvalue weighted by Crippen LogP contribution is -2.41. The molecule has 1 aliphatic rings. The Hall–Kier alpha value is -1.42. The van der Waals surface area contributed by atoms with Gasteiger partial charge in [0.2, 0.25) is 6.41 Å². The molecule has 0 atom stereocenters. The van der Waals surface area contributed by atoms with E-state index < -0.39 is 0 Å². The minimum absolute atomic E-state index is 0.201. The molecular weight excluding hydrogens is 219 g/mol. The van der Waals surface area contributed by atoms with E-state index >= 15 is 0 Å². The third kappa shape index (κ3) is 3.53. The molecule has 0 radical (unpaired) electrons. The molecule has 0 spiro atoms. The van der Waals surface area contributed by atoms with Gasteiger partial charge in [0.25, 0.3) is 0 Å². The molecule has 4 heteroatoms. The Bertz CT molecular complexity index is 358. The fraction of sp³-hybridized carbons (Fsp3) is 0.462. The highest BCUT2D eigenvalue weighted by atomic mass is 19.1. The number of carbonyl (C=O) groups is 1. The molecule has 0 unspecified atom stereocenters. The average Bonchev–Trinajstić information content (AvgIpc) is 2.39. The maximum atomic E-state index is 12.7. The number of rotatable bonds is 4. The summed E-state index contributed by atoms with van der Waals surface area (Å²) in [5.41, 5.74) is 1.09. The van der Waals surface area contributed by atoms with E-state index in [0.717, 1.165) is 44.4 Å². The van der Waals surface area contributed by atoms with E-state index in [1.165, 1.54) is 12.1 Å². The van der Waals surface area contributed by atoms with Crippen LogP contribution in [0.5, 0.6) is 0 Å².